The Morgan fingerprint density at radius 3 is 2.50 bits per heavy atom. The molecule has 0 heterocycles. The van der Waals surface area contributed by atoms with Gasteiger partial charge in [0.2, 0.25) is 5.91 Å². The van der Waals surface area contributed by atoms with E-state index in [0.717, 1.165) is 19.3 Å². The van der Waals surface area contributed by atoms with E-state index in [1.54, 1.807) is 0 Å². The first-order valence-corrected chi connectivity index (χ1v) is 7.24. The number of carbonyl (C=O) groups excluding carboxylic acids is 1. The van der Waals surface area contributed by atoms with Crippen LogP contribution in [0.15, 0.2) is 0 Å². The zero-order valence-electron chi connectivity index (χ0n) is 12.3. The molecule has 1 fully saturated rings. The molecule has 1 rings (SSSR count). The summed E-state index contributed by atoms with van der Waals surface area (Å²) in [5, 5.41) is 12.5. The van der Waals surface area contributed by atoms with Crippen molar-refractivity contribution in [2.24, 2.45) is 17.3 Å². The maximum Gasteiger partial charge on any atom is 0.220 e. The summed E-state index contributed by atoms with van der Waals surface area (Å²) in [6, 6.07) is 0.184. The van der Waals surface area contributed by atoms with Gasteiger partial charge in [0.05, 0.1) is 0 Å². The zero-order valence-corrected chi connectivity index (χ0v) is 12.3. The van der Waals surface area contributed by atoms with Gasteiger partial charge in [-0.05, 0) is 24.2 Å². The first kappa shape index (κ1) is 15.5. The highest BCUT2D eigenvalue weighted by Crippen LogP contribution is 2.28. The van der Waals surface area contributed by atoms with Crippen molar-refractivity contribution in [1.82, 2.24) is 5.32 Å². The van der Waals surface area contributed by atoms with Gasteiger partial charge in [-0.15, -0.1) is 0 Å². The fraction of sp³-hybridized carbons (Fsp3) is 0.933. The van der Waals surface area contributed by atoms with Crippen LogP contribution in [0.4, 0.5) is 0 Å². The lowest BCUT2D eigenvalue weighted by atomic mass is 9.79. The van der Waals surface area contributed by atoms with E-state index < -0.39 is 0 Å². The molecule has 0 aromatic heterocycles. The van der Waals surface area contributed by atoms with Crippen LogP contribution in [0, 0.1) is 17.3 Å². The van der Waals surface area contributed by atoms with Gasteiger partial charge in [-0.1, -0.05) is 40.5 Å². The fourth-order valence-corrected chi connectivity index (χ4v) is 2.47. The number of nitrogens with one attached hydrogen (secondary N) is 1. The van der Waals surface area contributed by atoms with Gasteiger partial charge in [-0.25, -0.2) is 0 Å². The topological polar surface area (TPSA) is 49.3 Å². The highest BCUT2D eigenvalue weighted by molar-refractivity contribution is 5.76. The molecule has 0 aromatic carbocycles. The van der Waals surface area contributed by atoms with Crippen LogP contribution in [0.3, 0.4) is 0 Å². The predicted molar refractivity (Wildman–Crippen MR) is 74.2 cm³/mol. The molecule has 3 nitrogen and oxygen atoms in total. The molecule has 0 radical (unpaired) electrons. The largest absolute Gasteiger partial charge is 0.396 e. The molecule has 18 heavy (non-hydrogen) atoms. The second-order valence-corrected chi connectivity index (χ2v) is 6.87. The Morgan fingerprint density at radius 1 is 1.33 bits per heavy atom. The first-order chi connectivity index (χ1) is 8.34. The second kappa shape index (κ2) is 6.55. The number of rotatable bonds is 4. The molecular weight excluding hydrogens is 226 g/mol. The van der Waals surface area contributed by atoms with Crippen molar-refractivity contribution in [2.75, 3.05) is 6.61 Å². The van der Waals surface area contributed by atoms with Gasteiger partial charge in [-0.3, -0.25) is 4.79 Å². The van der Waals surface area contributed by atoms with Crippen molar-refractivity contribution in [3.8, 4) is 0 Å². The molecule has 1 saturated carbocycles. The van der Waals surface area contributed by atoms with Crippen molar-refractivity contribution in [3.63, 3.8) is 0 Å². The number of carbonyl (C=O) groups is 1. The third kappa shape index (κ3) is 4.60. The van der Waals surface area contributed by atoms with Gasteiger partial charge in [0.1, 0.15) is 0 Å². The minimum atomic E-state index is 0.141. The highest BCUT2D eigenvalue weighted by Gasteiger charge is 2.28. The normalized spacial score (nSPS) is 26.7. The quantitative estimate of drug-likeness (QED) is 0.811. The van der Waals surface area contributed by atoms with E-state index in [0.29, 0.717) is 12.3 Å². The molecule has 106 valence electrons. The Hall–Kier alpha value is -0.570. The summed E-state index contributed by atoms with van der Waals surface area (Å²) in [4.78, 5) is 12.0. The van der Waals surface area contributed by atoms with E-state index in [4.69, 9.17) is 0 Å². The third-order valence-corrected chi connectivity index (χ3v) is 4.46. The Labute approximate surface area is 111 Å². The van der Waals surface area contributed by atoms with Crippen LogP contribution in [-0.4, -0.2) is 23.7 Å². The second-order valence-electron chi connectivity index (χ2n) is 6.87. The maximum atomic E-state index is 12.0. The summed E-state index contributed by atoms with van der Waals surface area (Å²) in [6.07, 6.45) is 4.97. The van der Waals surface area contributed by atoms with Crippen LogP contribution in [0.5, 0.6) is 0 Å². The summed E-state index contributed by atoms with van der Waals surface area (Å²) in [5.41, 5.74) is 0.167. The highest BCUT2D eigenvalue weighted by atomic mass is 16.3. The fourth-order valence-electron chi connectivity index (χ4n) is 2.47. The summed E-state index contributed by atoms with van der Waals surface area (Å²) < 4.78 is 0. The number of hydrogen-bond acceptors (Lipinski definition) is 2. The molecule has 0 bridgehead atoms. The van der Waals surface area contributed by atoms with Crippen molar-refractivity contribution >= 4 is 5.91 Å². The minimum absolute atomic E-state index is 0.141. The SMILES string of the molecule is CC(CC(=O)NC1CCCCC1CO)C(C)(C)C. The molecule has 0 saturated heterocycles. The standard InChI is InChI=1S/C15H29NO2/c1-11(15(2,3)4)9-14(18)16-13-8-6-5-7-12(13)10-17/h11-13,17H,5-10H2,1-4H3,(H,16,18). The Morgan fingerprint density at radius 2 is 1.94 bits per heavy atom. The van der Waals surface area contributed by atoms with E-state index in [1.807, 2.05) is 0 Å². The Balaban J connectivity index is 2.43. The lowest BCUT2D eigenvalue weighted by Gasteiger charge is -2.32. The number of aliphatic hydroxyl groups excluding tert-OH is 1. The van der Waals surface area contributed by atoms with E-state index in [2.05, 4.69) is 33.0 Å². The third-order valence-electron chi connectivity index (χ3n) is 4.46. The monoisotopic (exact) mass is 255 g/mol. The summed E-state index contributed by atoms with van der Waals surface area (Å²) >= 11 is 0. The van der Waals surface area contributed by atoms with Crippen molar-refractivity contribution < 1.29 is 9.90 Å². The van der Waals surface area contributed by atoms with Crippen LogP contribution in [0.1, 0.15) is 59.8 Å². The Kier molecular flexibility index (Phi) is 5.64. The first-order valence-electron chi connectivity index (χ1n) is 7.24. The Bertz CT molecular complexity index is 270. The molecule has 0 spiro atoms. The van der Waals surface area contributed by atoms with Gasteiger partial charge >= 0.3 is 0 Å². The van der Waals surface area contributed by atoms with E-state index in [9.17, 15) is 9.90 Å². The smallest absolute Gasteiger partial charge is 0.220 e. The molecule has 1 aliphatic rings. The number of hydrogen-bond donors (Lipinski definition) is 2. The van der Waals surface area contributed by atoms with Gasteiger partial charge in [0, 0.05) is 25.0 Å². The molecule has 0 aromatic rings. The van der Waals surface area contributed by atoms with Crippen molar-refractivity contribution in [3.05, 3.63) is 0 Å². The van der Waals surface area contributed by atoms with E-state index >= 15 is 0 Å². The molecule has 3 unspecified atom stereocenters. The van der Waals surface area contributed by atoms with Gasteiger partial charge in [0.15, 0.2) is 0 Å². The maximum absolute atomic E-state index is 12.0. The molecule has 2 N–H and O–H groups in total. The average Bonchev–Trinajstić information content (AvgIpc) is 2.28. The molecular formula is C15H29NO2. The van der Waals surface area contributed by atoms with Crippen LogP contribution in [0.25, 0.3) is 0 Å². The molecule has 3 heteroatoms. The van der Waals surface area contributed by atoms with Crippen LogP contribution in [-0.2, 0) is 4.79 Å². The lowest BCUT2D eigenvalue weighted by molar-refractivity contribution is -0.124. The van der Waals surface area contributed by atoms with E-state index in [-0.39, 0.29) is 29.9 Å². The van der Waals surface area contributed by atoms with Gasteiger partial charge in [-0.2, -0.15) is 0 Å². The van der Waals surface area contributed by atoms with Crippen LogP contribution >= 0.6 is 0 Å². The predicted octanol–water partition coefficient (Wildman–Crippen LogP) is 2.73. The molecule has 0 aliphatic heterocycles. The van der Waals surface area contributed by atoms with Gasteiger partial charge in [0.25, 0.3) is 0 Å². The van der Waals surface area contributed by atoms with Crippen LogP contribution in [0.2, 0.25) is 0 Å². The summed E-state index contributed by atoms with van der Waals surface area (Å²) in [5.74, 6) is 0.768. The van der Waals surface area contributed by atoms with Crippen molar-refractivity contribution in [2.45, 2.75) is 65.8 Å². The summed E-state index contributed by atoms with van der Waals surface area (Å²) in [6.45, 7) is 8.83. The van der Waals surface area contributed by atoms with Crippen molar-refractivity contribution in [1.29, 1.82) is 0 Å². The molecule has 1 aliphatic carbocycles. The zero-order chi connectivity index (χ0) is 13.8. The van der Waals surface area contributed by atoms with Crippen LogP contribution < -0.4 is 5.32 Å². The number of amides is 1. The minimum Gasteiger partial charge on any atom is -0.396 e. The molecule has 1 amide bonds. The molecule has 3 atom stereocenters. The van der Waals surface area contributed by atoms with Gasteiger partial charge < -0.3 is 10.4 Å². The van der Waals surface area contributed by atoms with E-state index in [1.165, 1.54) is 6.42 Å². The summed E-state index contributed by atoms with van der Waals surface area (Å²) in [7, 11) is 0. The number of aliphatic hydroxyl groups is 1. The average molecular weight is 255 g/mol. The lowest BCUT2D eigenvalue weighted by Crippen LogP contribution is -2.44.